The van der Waals surface area contributed by atoms with Crippen molar-refractivity contribution < 1.29 is 0 Å². The molecule has 0 aromatic heterocycles. The fourth-order valence-electron chi connectivity index (χ4n) is 0.725. The Labute approximate surface area is 54.6 Å². The van der Waals surface area contributed by atoms with Crippen molar-refractivity contribution in [3.05, 3.63) is 23.7 Å². The number of nitrogens with zero attached hydrogens (tertiary/aromatic N) is 1. The molecule has 1 heterocycles. The van der Waals surface area contributed by atoms with Crippen LogP contribution < -0.4 is 11.5 Å². The van der Waals surface area contributed by atoms with Gasteiger partial charge in [-0.15, -0.1) is 0 Å². The summed E-state index contributed by atoms with van der Waals surface area (Å²) in [5.74, 6) is 0. The second kappa shape index (κ2) is 2.01. The molecule has 3 heteroatoms. The minimum atomic E-state index is 0.656. The van der Waals surface area contributed by atoms with Crippen molar-refractivity contribution in [2.45, 2.75) is 0 Å². The first-order chi connectivity index (χ1) is 4.20. The Morgan fingerprint density at radius 1 is 1.44 bits per heavy atom. The number of nitrogens with two attached hydrogens (primary N) is 2. The van der Waals surface area contributed by atoms with Crippen LogP contribution in [0.4, 0.5) is 0 Å². The zero-order valence-corrected chi connectivity index (χ0v) is 5.46. The molecule has 1 aliphatic heterocycles. The van der Waals surface area contributed by atoms with Crippen LogP contribution in [0.1, 0.15) is 0 Å². The molecule has 4 N–H and O–H groups in total. The highest BCUT2D eigenvalue weighted by molar-refractivity contribution is 5.27. The number of rotatable bonds is 0. The first-order valence-corrected chi connectivity index (χ1v) is 2.83. The molecule has 0 bridgehead atoms. The smallest absolute Gasteiger partial charge is 0.0706 e. The maximum atomic E-state index is 5.49. The van der Waals surface area contributed by atoms with Gasteiger partial charge in [0.25, 0.3) is 0 Å². The monoisotopic (exact) mass is 125 g/mol. The summed E-state index contributed by atoms with van der Waals surface area (Å²) in [7, 11) is 1.95. The third-order valence-corrected chi connectivity index (χ3v) is 1.29. The third-order valence-electron chi connectivity index (χ3n) is 1.29. The molecule has 0 fully saturated rings. The van der Waals surface area contributed by atoms with E-state index in [0.717, 1.165) is 6.54 Å². The molecule has 50 valence electrons. The largest absolute Gasteiger partial charge is 0.397 e. The summed E-state index contributed by atoms with van der Waals surface area (Å²) in [6.45, 7) is 0.854. The van der Waals surface area contributed by atoms with E-state index in [-0.39, 0.29) is 0 Å². The van der Waals surface area contributed by atoms with Gasteiger partial charge in [-0.25, -0.2) is 0 Å². The van der Waals surface area contributed by atoms with Gasteiger partial charge >= 0.3 is 0 Å². The van der Waals surface area contributed by atoms with Crippen LogP contribution in [-0.4, -0.2) is 18.5 Å². The van der Waals surface area contributed by atoms with Gasteiger partial charge in [-0.05, 0) is 6.08 Å². The van der Waals surface area contributed by atoms with Crippen molar-refractivity contribution in [3.63, 3.8) is 0 Å². The van der Waals surface area contributed by atoms with Crippen molar-refractivity contribution in [2.75, 3.05) is 13.6 Å². The van der Waals surface area contributed by atoms with Crippen LogP contribution in [0.5, 0.6) is 0 Å². The lowest BCUT2D eigenvalue weighted by molar-refractivity contribution is 0.495. The highest BCUT2D eigenvalue weighted by atomic mass is 15.1. The molecule has 3 nitrogen and oxygen atoms in total. The van der Waals surface area contributed by atoms with Crippen molar-refractivity contribution >= 4 is 0 Å². The summed E-state index contributed by atoms with van der Waals surface area (Å²) < 4.78 is 0. The topological polar surface area (TPSA) is 55.3 Å². The summed E-state index contributed by atoms with van der Waals surface area (Å²) >= 11 is 0. The second-order valence-electron chi connectivity index (χ2n) is 2.18. The quantitative estimate of drug-likeness (QED) is 0.462. The molecule has 0 amide bonds. The minimum absolute atomic E-state index is 0.656. The van der Waals surface area contributed by atoms with Crippen LogP contribution in [0.15, 0.2) is 23.7 Å². The lowest BCUT2D eigenvalue weighted by Crippen LogP contribution is -2.23. The molecule has 0 radical (unpaired) electrons. The van der Waals surface area contributed by atoms with Crippen molar-refractivity contribution in [3.8, 4) is 0 Å². The van der Waals surface area contributed by atoms with Crippen LogP contribution in [-0.2, 0) is 0 Å². The molecule has 0 atom stereocenters. The van der Waals surface area contributed by atoms with Gasteiger partial charge in [-0.3, -0.25) is 0 Å². The molecule has 9 heavy (non-hydrogen) atoms. The third kappa shape index (κ3) is 1.16. The van der Waals surface area contributed by atoms with Crippen molar-refractivity contribution in [1.29, 1.82) is 0 Å². The number of likely N-dealkylation sites (N-methyl/N-ethyl adjacent to an activating group) is 1. The van der Waals surface area contributed by atoms with Crippen LogP contribution >= 0.6 is 0 Å². The Hall–Kier alpha value is -1.12. The van der Waals surface area contributed by atoms with E-state index in [0.29, 0.717) is 11.4 Å². The summed E-state index contributed by atoms with van der Waals surface area (Å²) in [6.07, 6.45) is 3.73. The van der Waals surface area contributed by atoms with Gasteiger partial charge in [-0.1, -0.05) is 0 Å². The van der Waals surface area contributed by atoms with Crippen LogP contribution in [0, 0.1) is 0 Å². The molecular weight excluding hydrogens is 114 g/mol. The highest BCUT2D eigenvalue weighted by Gasteiger charge is 2.02. The molecule has 0 aromatic rings. The lowest BCUT2D eigenvalue weighted by Gasteiger charge is -2.18. The zero-order chi connectivity index (χ0) is 6.85. The molecule has 0 unspecified atom stereocenters. The Balaban J connectivity index is 2.75. The minimum Gasteiger partial charge on any atom is -0.397 e. The molecule has 0 aromatic carbocycles. The molecule has 0 aliphatic carbocycles. The van der Waals surface area contributed by atoms with E-state index in [4.69, 9.17) is 11.5 Å². The fourth-order valence-corrected chi connectivity index (χ4v) is 0.725. The van der Waals surface area contributed by atoms with Gasteiger partial charge in [0.2, 0.25) is 0 Å². The van der Waals surface area contributed by atoms with E-state index in [1.165, 1.54) is 0 Å². The summed E-state index contributed by atoms with van der Waals surface area (Å²) in [4.78, 5) is 1.98. The van der Waals surface area contributed by atoms with Gasteiger partial charge in [0.05, 0.1) is 11.4 Å². The highest BCUT2D eigenvalue weighted by Crippen LogP contribution is 2.03. The van der Waals surface area contributed by atoms with Crippen LogP contribution in [0.2, 0.25) is 0 Å². The molecule has 0 spiro atoms. The van der Waals surface area contributed by atoms with E-state index in [1.807, 2.05) is 24.2 Å². The van der Waals surface area contributed by atoms with Crippen LogP contribution in [0.25, 0.3) is 0 Å². The average Bonchev–Trinajstić information content (AvgIpc) is 1.80. The fraction of sp³-hybridized carbons (Fsp3) is 0.333. The first kappa shape index (κ1) is 6.01. The van der Waals surface area contributed by atoms with Gasteiger partial charge in [-0.2, -0.15) is 0 Å². The van der Waals surface area contributed by atoms with E-state index >= 15 is 0 Å². The normalized spacial score (nSPS) is 19.0. The predicted octanol–water partition coefficient (Wildman–Crippen LogP) is -0.425. The van der Waals surface area contributed by atoms with E-state index in [1.54, 1.807) is 0 Å². The summed E-state index contributed by atoms with van der Waals surface area (Å²) in [6, 6.07) is 0. The molecule has 1 aliphatic rings. The van der Waals surface area contributed by atoms with Crippen molar-refractivity contribution in [2.24, 2.45) is 11.5 Å². The Morgan fingerprint density at radius 3 is 2.56 bits per heavy atom. The maximum absolute atomic E-state index is 5.49. The predicted molar refractivity (Wildman–Crippen MR) is 37.2 cm³/mol. The Bertz CT molecular complexity index is 169. The molecule has 0 saturated heterocycles. The molecular formula is C6H11N3. The maximum Gasteiger partial charge on any atom is 0.0706 e. The first-order valence-electron chi connectivity index (χ1n) is 2.83. The van der Waals surface area contributed by atoms with Gasteiger partial charge in [0, 0.05) is 19.8 Å². The number of hydrogen-bond acceptors (Lipinski definition) is 3. The van der Waals surface area contributed by atoms with E-state index in [2.05, 4.69) is 0 Å². The summed E-state index contributed by atoms with van der Waals surface area (Å²) in [5, 5.41) is 0. The van der Waals surface area contributed by atoms with Crippen LogP contribution in [0.3, 0.4) is 0 Å². The lowest BCUT2D eigenvalue weighted by atomic mass is 10.2. The van der Waals surface area contributed by atoms with E-state index < -0.39 is 0 Å². The number of hydrogen-bond donors (Lipinski definition) is 2. The second-order valence-corrected chi connectivity index (χ2v) is 2.18. The summed E-state index contributed by atoms with van der Waals surface area (Å²) in [5.41, 5.74) is 12.3. The SMILES string of the molecule is CN1C=C(N)C(N)=CC1. The van der Waals surface area contributed by atoms with Crippen molar-refractivity contribution in [1.82, 2.24) is 4.90 Å². The van der Waals surface area contributed by atoms with Gasteiger partial charge < -0.3 is 16.4 Å². The molecule has 1 rings (SSSR count). The van der Waals surface area contributed by atoms with Gasteiger partial charge in [0.1, 0.15) is 0 Å². The Morgan fingerprint density at radius 2 is 2.11 bits per heavy atom. The molecule has 0 saturated carbocycles. The van der Waals surface area contributed by atoms with Gasteiger partial charge in [0.15, 0.2) is 0 Å². The zero-order valence-electron chi connectivity index (χ0n) is 5.46. The Kier molecular flexibility index (Phi) is 1.34. The van der Waals surface area contributed by atoms with E-state index in [9.17, 15) is 0 Å². The average molecular weight is 125 g/mol. The standard InChI is InChI=1S/C6H11N3/c1-9-3-2-5(7)6(8)4-9/h2,4H,3,7-8H2,1H3.